The molecule has 0 saturated heterocycles. The zero-order valence-electron chi connectivity index (χ0n) is 15.3. The van der Waals surface area contributed by atoms with E-state index in [0.29, 0.717) is 12.3 Å². The number of aryl methyl sites for hydroxylation is 1. The minimum absolute atomic E-state index is 0.108. The van der Waals surface area contributed by atoms with Crippen LogP contribution in [0.3, 0.4) is 0 Å². The topological polar surface area (TPSA) is 55.8 Å². The minimum Gasteiger partial charge on any atom is -0.484 e. The monoisotopic (exact) mass is 355 g/mol. The van der Waals surface area contributed by atoms with Gasteiger partial charge in [0.05, 0.1) is 7.11 Å². The lowest BCUT2D eigenvalue weighted by Gasteiger charge is -2.21. The smallest absolute Gasteiger partial charge is 0.325 e. The van der Waals surface area contributed by atoms with Gasteiger partial charge in [0.15, 0.2) is 6.61 Å². The maximum atomic E-state index is 12.5. The van der Waals surface area contributed by atoms with Gasteiger partial charge in [-0.3, -0.25) is 9.59 Å². The van der Waals surface area contributed by atoms with E-state index < -0.39 is 5.97 Å². The van der Waals surface area contributed by atoms with E-state index in [4.69, 9.17) is 9.47 Å². The summed E-state index contributed by atoms with van der Waals surface area (Å²) in [6.07, 6.45) is 2.10. The van der Waals surface area contributed by atoms with E-state index in [1.807, 2.05) is 54.6 Å². The fourth-order valence-electron chi connectivity index (χ4n) is 2.53. The van der Waals surface area contributed by atoms with E-state index in [9.17, 15) is 9.59 Å². The molecule has 138 valence electrons. The summed E-state index contributed by atoms with van der Waals surface area (Å²) in [4.78, 5) is 25.6. The molecule has 2 rings (SSSR count). The molecule has 0 saturated carbocycles. The first-order valence-electron chi connectivity index (χ1n) is 8.72. The molecule has 0 aliphatic rings. The van der Waals surface area contributed by atoms with E-state index in [-0.39, 0.29) is 19.1 Å². The first kappa shape index (κ1) is 19.5. The number of carbonyl (C=O) groups excluding carboxylic acids is 2. The SMILES string of the molecule is CCCc1ccc(OCC(=O)N(CC(=O)OC)Cc2ccccc2)cc1. The molecule has 0 bridgehead atoms. The standard InChI is InChI=1S/C21H25NO4/c1-3-7-17-10-12-19(13-11-17)26-16-20(23)22(15-21(24)25-2)14-18-8-5-4-6-9-18/h4-6,8-13H,3,7,14-16H2,1-2H3. The van der Waals surface area contributed by atoms with Crippen molar-refractivity contribution in [2.45, 2.75) is 26.3 Å². The number of carbonyl (C=O) groups is 2. The van der Waals surface area contributed by atoms with Gasteiger partial charge in [-0.15, -0.1) is 0 Å². The lowest BCUT2D eigenvalue weighted by Crippen LogP contribution is -2.38. The molecule has 5 heteroatoms. The maximum absolute atomic E-state index is 12.5. The van der Waals surface area contributed by atoms with Gasteiger partial charge in [-0.25, -0.2) is 0 Å². The second-order valence-corrected chi connectivity index (χ2v) is 5.99. The molecule has 5 nitrogen and oxygen atoms in total. The van der Waals surface area contributed by atoms with Gasteiger partial charge in [-0.05, 0) is 29.7 Å². The molecule has 1 amide bonds. The second kappa shape index (κ2) is 10.2. The van der Waals surface area contributed by atoms with Crippen LogP contribution in [0, 0.1) is 0 Å². The van der Waals surface area contributed by atoms with Gasteiger partial charge >= 0.3 is 5.97 Å². The highest BCUT2D eigenvalue weighted by molar-refractivity contribution is 5.83. The van der Waals surface area contributed by atoms with E-state index >= 15 is 0 Å². The zero-order chi connectivity index (χ0) is 18.8. The van der Waals surface area contributed by atoms with E-state index in [2.05, 4.69) is 6.92 Å². The van der Waals surface area contributed by atoms with Gasteiger partial charge in [-0.1, -0.05) is 55.8 Å². The van der Waals surface area contributed by atoms with Crippen molar-refractivity contribution < 1.29 is 19.1 Å². The van der Waals surface area contributed by atoms with Crippen LogP contribution in [0.25, 0.3) is 0 Å². The Kier molecular flexibility index (Phi) is 7.68. The molecule has 0 aliphatic heterocycles. The summed E-state index contributed by atoms with van der Waals surface area (Å²) in [5.74, 6) is -0.0916. The van der Waals surface area contributed by atoms with Gasteiger partial charge in [0.1, 0.15) is 12.3 Å². The first-order chi connectivity index (χ1) is 12.6. The van der Waals surface area contributed by atoms with Crippen LogP contribution < -0.4 is 4.74 Å². The average molecular weight is 355 g/mol. The summed E-state index contributed by atoms with van der Waals surface area (Å²) in [7, 11) is 1.31. The van der Waals surface area contributed by atoms with Crippen molar-refractivity contribution in [2.75, 3.05) is 20.3 Å². The number of rotatable bonds is 9. The Labute approximate surface area is 154 Å². The third-order valence-corrected chi connectivity index (χ3v) is 3.94. The zero-order valence-corrected chi connectivity index (χ0v) is 15.3. The van der Waals surface area contributed by atoms with Gasteiger partial charge < -0.3 is 14.4 Å². The van der Waals surface area contributed by atoms with Gasteiger partial charge in [0.2, 0.25) is 0 Å². The Morgan fingerprint density at radius 3 is 2.27 bits per heavy atom. The number of hydrogen-bond acceptors (Lipinski definition) is 4. The summed E-state index contributed by atoms with van der Waals surface area (Å²) in [6, 6.07) is 17.2. The largest absolute Gasteiger partial charge is 0.484 e. The number of amides is 1. The van der Waals surface area contributed by atoms with Crippen molar-refractivity contribution in [3.8, 4) is 5.75 Å². The molecule has 0 N–H and O–H groups in total. The molecule has 0 spiro atoms. The molecule has 0 heterocycles. The number of methoxy groups -OCH3 is 1. The predicted molar refractivity (Wildman–Crippen MR) is 99.8 cm³/mol. The van der Waals surface area contributed by atoms with Crippen molar-refractivity contribution >= 4 is 11.9 Å². The molecule has 0 atom stereocenters. The normalized spacial score (nSPS) is 10.2. The van der Waals surface area contributed by atoms with Crippen LogP contribution in [0.5, 0.6) is 5.75 Å². The van der Waals surface area contributed by atoms with Gasteiger partial charge in [0, 0.05) is 6.54 Å². The third-order valence-electron chi connectivity index (χ3n) is 3.94. The summed E-state index contributed by atoms with van der Waals surface area (Å²) in [6.45, 7) is 2.22. The molecule has 0 radical (unpaired) electrons. The Bertz CT molecular complexity index is 698. The fourth-order valence-corrected chi connectivity index (χ4v) is 2.53. The summed E-state index contributed by atoms with van der Waals surface area (Å²) in [5, 5.41) is 0. The Balaban J connectivity index is 1.97. The number of benzene rings is 2. The molecule has 2 aromatic carbocycles. The van der Waals surface area contributed by atoms with Crippen LogP contribution >= 0.6 is 0 Å². The fraction of sp³-hybridized carbons (Fsp3) is 0.333. The first-order valence-corrected chi connectivity index (χ1v) is 8.72. The van der Waals surface area contributed by atoms with Crippen molar-refractivity contribution in [1.29, 1.82) is 0 Å². The van der Waals surface area contributed by atoms with Crippen molar-refractivity contribution in [1.82, 2.24) is 4.90 Å². The van der Waals surface area contributed by atoms with Gasteiger partial charge in [-0.2, -0.15) is 0 Å². The Morgan fingerprint density at radius 1 is 0.962 bits per heavy atom. The average Bonchev–Trinajstić information content (AvgIpc) is 2.67. The van der Waals surface area contributed by atoms with Crippen LogP contribution in [0.4, 0.5) is 0 Å². The van der Waals surface area contributed by atoms with Crippen LogP contribution in [0.2, 0.25) is 0 Å². The van der Waals surface area contributed by atoms with E-state index in [1.165, 1.54) is 17.6 Å². The van der Waals surface area contributed by atoms with Crippen LogP contribution in [-0.2, 0) is 27.3 Å². The second-order valence-electron chi connectivity index (χ2n) is 5.99. The number of nitrogens with zero attached hydrogens (tertiary/aromatic N) is 1. The number of esters is 1. The highest BCUT2D eigenvalue weighted by Gasteiger charge is 2.18. The van der Waals surface area contributed by atoms with Gasteiger partial charge in [0.25, 0.3) is 5.91 Å². The van der Waals surface area contributed by atoms with E-state index in [0.717, 1.165) is 18.4 Å². The molecular weight excluding hydrogens is 330 g/mol. The Hall–Kier alpha value is -2.82. The molecule has 0 aromatic heterocycles. The van der Waals surface area contributed by atoms with E-state index in [1.54, 1.807) is 0 Å². The quantitative estimate of drug-likeness (QED) is 0.648. The highest BCUT2D eigenvalue weighted by atomic mass is 16.5. The highest BCUT2D eigenvalue weighted by Crippen LogP contribution is 2.14. The summed E-state index contributed by atoms with van der Waals surface area (Å²) >= 11 is 0. The molecule has 0 unspecified atom stereocenters. The molecule has 0 aliphatic carbocycles. The van der Waals surface area contributed by atoms with Crippen molar-refractivity contribution in [3.63, 3.8) is 0 Å². The maximum Gasteiger partial charge on any atom is 0.325 e. The molecule has 2 aromatic rings. The summed E-state index contributed by atoms with van der Waals surface area (Å²) in [5.41, 5.74) is 2.18. The van der Waals surface area contributed by atoms with Crippen LogP contribution in [-0.4, -0.2) is 37.0 Å². The van der Waals surface area contributed by atoms with Crippen LogP contribution in [0.15, 0.2) is 54.6 Å². The third kappa shape index (κ3) is 6.24. The number of ether oxygens (including phenoxy) is 2. The lowest BCUT2D eigenvalue weighted by molar-refractivity contribution is -0.148. The van der Waals surface area contributed by atoms with Crippen LogP contribution in [0.1, 0.15) is 24.5 Å². The summed E-state index contributed by atoms with van der Waals surface area (Å²) < 4.78 is 10.3. The molecule has 26 heavy (non-hydrogen) atoms. The number of hydrogen-bond donors (Lipinski definition) is 0. The lowest BCUT2D eigenvalue weighted by atomic mass is 10.1. The molecule has 0 fully saturated rings. The minimum atomic E-state index is -0.460. The van der Waals surface area contributed by atoms with Crippen molar-refractivity contribution in [3.05, 3.63) is 65.7 Å². The van der Waals surface area contributed by atoms with Crippen molar-refractivity contribution in [2.24, 2.45) is 0 Å². The molecular formula is C21H25NO4. The predicted octanol–water partition coefficient (Wildman–Crippen LogP) is 3.22. The Morgan fingerprint density at radius 2 is 1.65 bits per heavy atom.